The SMILES string of the molecule is CC(C)c1cc2sccc2cc1N=O. The van der Waals surface area contributed by atoms with Crippen LogP contribution in [0.25, 0.3) is 10.1 Å². The Balaban J connectivity index is 2.72. The summed E-state index contributed by atoms with van der Waals surface area (Å²) in [6.45, 7) is 4.15. The van der Waals surface area contributed by atoms with Crippen LogP contribution in [0.1, 0.15) is 25.3 Å². The van der Waals surface area contributed by atoms with Crippen LogP contribution in [0.2, 0.25) is 0 Å². The van der Waals surface area contributed by atoms with Crippen LogP contribution in [0.4, 0.5) is 5.69 Å². The zero-order valence-electron chi connectivity index (χ0n) is 8.15. The van der Waals surface area contributed by atoms with Crippen LogP contribution in [0.5, 0.6) is 0 Å². The fourth-order valence-corrected chi connectivity index (χ4v) is 2.37. The van der Waals surface area contributed by atoms with Gasteiger partial charge in [0.2, 0.25) is 0 Å². The molecule has 2 aromatic rings. The van der Waals surface area contributed by atoms with Gasteiger partial charge in [0, 0.05) is 4.70 Å². The van der Waals surface area contributed by atoms with E-state index >= 15 is 0 Å². The second-order valence-corrected chi connectivity index (χ2v) is 4.56. The van der Waals surface area contributed by atoms with E-state index in [0.717, 1.165) is 10.9 Å². The Morgan fingerprint density at radius 1 is 1.36 bits per heavy atom. The number of benzene rings is 1. The largest absolute Gasteiger partial charge is 0.145 e. The van der Waals surface area contributed by atoms with Gasteiger partial charge in [-0.3, -0.25) is 0 Å². The van der Waals surface area contributed by atoms with Gasteiger partial charge in [-0.05, 0) is 45.6 Å². The monoisotopic (exact) mass is 205 g/mol. The maximum absolute atomic E-state index is 10.7. The number of thiophene rings is 1. The molecule has 0 atom stereocenters. The van der Waals surface area contributed by atoms with Crippen molar-refractivity contribution in [3.05, 3.63) is 34.0 Å². The summed E-state index contributed by atoms with van der Waals surface area (Å²) in [5.74, 6) is 0.342. The minimum absolute atomic E-state index is 0.342. The second kappa shape index (κ2) is 3.50. The van der Waals surface area contributed by atoms with E-state index in [1.807, 2.05) is 17.5 Å². The van der Waals surface area contributed by atoms with E-state index in [0.29, 0.717) is 11.6 Å². The first kappa shape index (κ1) is 9.34. The molecule has 3 heteroatoms. The molecule has 0 N–H and O–H groups in total. The first-order valence-electron chi connectivity index (χ1n) is 4.57. The van der Waals surface area contributed by atoms with Gasteiger partial charge in [0.15, 0.2) is 0 Å². The third-order valence-electron chi connectivity index (χ3n) is 2.32. The number of fused-ring (bicyclic) bond motifs is 1. The lowest BCUT2D eigenvalue weighted by Gasteiger charge is -2.07. The average Bonchev–Trinajstić information content (AvgIpc) is 2.62. The Morgan fingerprint density at radius 2 is 2.14 bits per heavy atom. The van der Waals surface area contributed by atoms with E-state index in [4.69, 9.17) is 0 Å². The van der Waals surface area contributed by atoms with Gasteiger partial charge in [0.05, 0.1) is 0 Å². The Bertz CT molecular complexity index is 473. The quantitative estimate of drug-likeness (QED) is 0.667. The Labute approximate surface area is 86.5 Å². The Morgan fingerprint density at radius 3 is 2.79 bits per heavy atom. The maximum Gasteiger partial charge on any atom is 0.112 e. The van der Waals surface area contributed by atoms with Crippen molar-refractivity contribution in [3.63, 3.8) is 0 Å². The van der Waals surface area contributed by atoms with E-state index in [-0.39, 0.29) is 0 Å². The zero-order valence-corrected chi connectivity index (χ0v) is 8.97. The number of hydrogen-bond donors (Lipinski definition) is 0. The third kappa shape index (κ3) is 1.44. The summed E-state index contributed by atoms with van der Waals surface area (Å²) >= 11 is 1.69. The molecule has 1 aromatic carbocycles. The molecule has 0 radical (unpaired) electrons. The van der Waals surface area contributed by atoms with E-state index in [9.17, 15) is 4.91 Å². The summed E-state index contributed by atoms with van der Waals surface area (Å²) in [7, 11) is 0. The van der Waals surface area contributed by atoms with Crippen LogP contribution in [0.3, 0.4) is 0 Å². The molecule has 2 rings (SSSR count). The molecule has 2 nitrogen and oxygen atoms in total. The van der Waals surface area contributed by atoms with Crippen LogP contribution in [0, 0.1) is 4.91 Å². The first-order chi connectivity index (χ1) is 6.72. The number of hydrogen-bond acceptors (Lipinski definition) is 3. The predicted molar refractivity (Wildman–Crippen MR) is 61.4 cm³/mol. The molecule has 0 saturated heterocycles. The summed E-state index contributed by atoms with van der Waals surface area (Å²) < 4.78 is 1.22. The zero-order chi connectivity index (χ0) is 10.1. The molecule has 0 saturated carbocycles. The third-order valence-corrected chi connectivity index (χ3v) is 3.20. The molecule has 1 heterocycles. The van der Waals surface area contributed by atoms with E-state index in [1.165, 1.54) is 4.70 Å². The van der Waals surface area contributed by atoms with Gasteiger partial charge >= 0.3 is 0 Å². The van der Waals surface area contributed by atoms with Crippen molar-refractivity contribution in [3.8, 4) is 0 Å². The molecule has 0 fully saturated rings. The summed E-state index contributed by atoms with van der Waals surface area (Å²) in [5.41, 5.74) is 1.61. The molecule has 0 aliphatic heterocycles. The van der Waals surface area contributed by atoms with Crippen molar-refractivity contribution in [1.82, 2.24) is 0 Å². The highest BCUT2D eigenvalue weighted by molar-refractivity contribution is 7.17. The molecule has 72 valence electrons. The predicted octanol–water partition coefficient (Wildman–Crippen LogP) is 4.42. The molecule has 14 heavy (non-hydrogen) atoms. The number of nitroso groups, excluding NO2 is 1. The average molecular weight is 205 g/mol. The van der Waals surface area contributed by atoms with Crippen LogP contribution in [-0.4, -0.2) is 0 Å². The van der Waals surface area contributed by atoms with Crippen molar-refractivity contribution in [2.75, 3.05) is 0 Å². The molecule has 0 spiro atoms. The highest BCUT2D eigenvalue weighted by Gasteiger charge is 2.09. The summed E-state index contributed by atoms with van der Waals surface area (Å²) in [5, 5.41) is 6.21. The molecular formula is C11H11NOS. The van der Waals surface area contributed by atoms with Gasteiger partial charge in [-0.1, -0.05) is 13.8 Å². The standard InChI is InChI=1S/C11H11NOS/c1-7(2)9-6-11-8(3-4-14-11)5-10(9)12-13/h3-7H,1-2H3. The summed E-state index contributed by atoms with van der Waals surface area (Å²) in [6.07, 6.45) is 0. The molecule has 1 aromatic heterocycles. The maximum atomic E-state index is 10.7. The molecule has 0 aliphatic rings. The van der Waals surface area contributed by atoms with Crippen LogP contribution in [-0.2, 0) is 0 Å². The topological polar surface area (TPSA) is 29.4 Å². The molecule has 0 amide bonds. The second-order valence-electron chi connectivity index (χ2n) is 3.62. The van der Waals surface area contributed by atoms with Crippen molar-refractivity contribution < 1.29 is 0 Å². The van der Waals surface area contributed by atoms with Gasteiger partial charge < -0.3 is 0 Å². The smallest absolute Gasteiger partial charge is 0.112 e. The summed E-state index contributed by atoms with van der Waals surface area (Å²) in [6, 6.07) is 5.95. The Kier molecular flexibility index (Phi) is 2.33. The van der Waals surface area contributed by atoms with Gasteiger partial charge in [-0.15, -0.1) is 16.2 Å². The number of nitrogens with zero attached hydrogens (tertiary/aromatic N) is 1. The van der Waals surface area contributed by atoms with E-state index in [1.54, 1.807) is 11.3 Å². The fraction of sp³-hybridized carbons (Fsp3) is 0.273. The molecule has 0 unspecified atom stereocenters. The minimum atomic E-state index is 0.342. The van der Waals surface area contributed by atoms with E-state index < -0.39 is 0 Å². The lowest BCUT2D eigenvalue weighted by atomic mass is 10.0. The van der Waals surface area contributed by atoms with Crippen LogP contribution < -0.4 is 0 Å². The first-order valence-corrected chi connectivity index (χ1v) is 5.45. The molecule has 0 bridgehead atoms. The normalized spacial score (nSPS) is 11.1. The minimum Gasteiger partial charge on any atom is -0.145 e. The van der Waals surface area contributed by atoms with Gasteiger partial charge in [-0.25, -0.2) is 0 Å². The van der Waals surface area contributed by atoms with Gasteiger partial charge in [0.1, 0.15) is 5.69 Å². The number of rotatable bonds is 2. The molecular weight excluding hydrogens is 194 g/mol. The van der Waals surface area contributed by atoms with Crippen molar-refractivity contribution in [2.45, 2.75) is 19.8 Å². The van der Waals surface area contributed by atoms with Crippen molar-refractivity contribution in [2.24, 2.45) is 5.18 Å². The summed E-state index contributed by atoms with van der Waals surface area (Å²) in [4.78, 5) is 10.7. The highest BCUT2D eigenvalue weighted by atomic mass is 32.1. The Hall–Kier alpha value is -1.22. The lowest BCUT2D eigenvalue weighted by Crippen LogP contribution is -1.86. The lowest BCUT2D eigenvalue weighted by molar-refractivity contribution is 0.869. The van der Waals surface area contributed by atoms with Gasteiger partial charge in [-0.2, -0.15) is 0 Å². The molecule has 0 aliphatic carbocycles. The van der Waals surface area contributed by atoms with Crippen LogP contribution >= 0.6 is 11.3 Å². The fourth-order valence-electron chi connectivity index (χ4n) is 1.55. The van der Waals surface area contributed by atoms with Crippen molar-refractivity contribution >= 4 is 27.1 Å². The van der Waals surface area contributed by atoms with Crippen LogP contribution in [0.15, 0.2) is 28.8 Å². The van der Waals surface area contributed by atoms with Crippen molar-refractivity contribution in [1.29, 1.82) is 0 Å². The van der Waals surface area contributed by atoms with Gasteiger partial charge in [0.25, 0.3) is 0 Å². The highest BCUT2D eigenvalue weighted by Crippen LogP contribution is 2.33. The van der Waals surface area contributed by atoms with E-state index in [2.05, 4.69) is 25.1 Å².